The third-order valence-corrected chi connectivity index (χ3v) is 8.59. The van der Waals surface area contributed by atoms with Crippen molar-refractivity contribution in [2.45, 2.75) is 32.1 Å². The van der Waals surface area contributed by atoms with Crippen molar-refractivity contribution in [1.82, 2.24) is 19.4 Å². The van der Waals surface area contributed by atoms with Crippen LogP contribution < -0.4 is 9.64 Å². The van der Waals surface area contributed by atoms with Crippen LogP contribution in [-0.4, -0.2) is 71.6 Å². The molecule has 0 radical (unpaired) electrons. The lowest BCUT2D eigenvalue weighted by Crippen LogP contribution is -2.52. The summed E-state index contributed by atoms with van der Waals surface area (Å²) in [5.41, 5.74) is 2.72. The van der Waals surface area contributed by atoms with Gasteiger partial charge in [0, 0.05) is 45.0 Å². The third kappa shape index (κ3) is 6.34. The van der Waals surface area contributed by atoms with E-state index in [1.54, 1.807) is 18.1 Å². The molecule has 0 aliphatic carbocycles. The lowest BCUT2D eigenvalue weighted by atomic mass is 9.96. The molecule has 226 valence electrons. The number of benzene rings is 3. The summed E-state index contributed by atoms with van der Waals surface area (Å²) >= 11 is 0. The molecule has 1 amide bonds. The van der Waals surface area contributed by atoms with E-state index in [1.165, 1.54) is 12.1 Å². The van der Waals surface area contributed by atoms with E-state index in [2.05, 4.69) is 27.7 Å². The molecule has 0 unspecified atom stereocenters. The number of para-hydroxylation sites is 3. The van der Waals surface area contributed by atoms with Gasteiger partial charge in [-0.3, -0.25) is 9.69 Å². The van der Waals surface area contributed by atoms with Crippen LogP contribution in [0.15, 0.2) is 72.8 Å². The molecular weight excluding hydrogens is 555 g/mol. The number of carbonyl (C=O) groups is 1. The van der Waals surface area contributed by atoms with E-state index in [9.17, 15) is 18.0 Å². The van der Waals surface area contributed by atoms with Crippen LogP contribution in [0.3, 0.4) is 0 Å². The Bertz CT molecular complexity index is 1560. The van der Waals surface area contributed by atoms with Crippen LogP contribution in [0.2, 0.25) is 0 Å². The zero-order valence-electron chi connectivity index (χ0n) is 24.3. The number of likely N-dealkylation sites (tertiary alicyclic amines) is 1. The number of fused-ring (bicyclic) bond motifs is 1. The number of hydrogen-bond donors (Lipinski definition) is 0. The number of alkyl halides is 3. The quantitative estimate of drug-likeness (QED) is 0.277. The van der Waals surface area contributed by atoms with Crippen molar-refractivity contribution >= 4 is 22.6 Å². The van der Waals surface area contributed by atoms with Crippen molar-refractivity contribution < 1.29 is 22.7 Å². The second kappa shape index (κ2) is 12.3. The van der Waals surface area contributed by atoms with Gasteiger partial charge in [-0.15, -0.1) is 0 Å². The van der Waals surface area contributed by atoms with Gasteiger partial charge in [0.1, 0.15) is 11.6 Å². The highest BCUT2D eigenvalue weighted by atomic mass is 19.4. The monoisotopic (exact) mass is 591 g/mol. The van der Waals surface area contributed by atoms with Gasteiger partial charge >= 0.3 is 6.18 Å². The molecule has 43 heavy (non-hydrogen) atoms. The number of piperazine rings is 1. The standard InChI is InChI=1S/C33H36F3N5O2/c1-43-26-14-12-24(13-15-26)21-41-30-11-5-3-9-28(30)37-31(41)23-38-16-6-7-25(22-38)32(42)40-19-17-39(18-20-40)29-10-4-2-8-27(29)33(34,35)36/h2-5,8-15,25H,6-7,16-23H2,1H3/t25-/m0/s1. The zero-order chi connectivity index (χ0) is 30.0. The Balaban J connectivity index is 1.12. The molecule has 0 saturated carbocycles. The number of amides is 1. The Hall–Kier alpha value is -4.05. The maximum atomic E-state index is 13.6. The second-order valence-corrected chi connectivity index (χ2v) is 11.4. The molecule has 2 aliphatic rings. The van der Waals surface area contributed by atoms with E-state index >= 15 is 0 Å². The smallest absolute Gasteiger partial charge is 0.418 e. The predicted octanol–water partition coefficient (Wildman–Crippen LogP) is 5.67. The van der Waals surface area contributed by atoms with Gasteiger partial charge in [0.2, 0.25) is 5.91 Å². The van der Waals surface area contributed by atoms with Crippen LogP contribution in [0.1, 0.15) is 29.8 Å². The predicted molar refractivity (Wildman–Crippen MR) is 160 cm³/mol. The summed E-state index contributed by atoms with van der Waals surface area (Å²) in [5, 5.41) is 0. The number of halogens is 3. The molecule has 0 N–H and O–H groups in total. The second-order valence-electron chi connectivity index (χ2n) is 11.4. The topological polar surface area (TPSA) is 53.8 Å². The molecule has 0 bridgehead atoms. The van der Waals surface area contributed by atoms with E-state index in [4.69, 9.17) is 9.72 Å². The number of methoxy groups -OCH3 is 1. The summed E-state index contributed by atoms with van der Waals surface area (Å²) < 4.78 is 48.2. The van der Waals surface area contributed by atoms with E-state index in [0.29, 0.717) is 45.8 Å². The summed E-state index contributed by atoms with van der Waals surface area (Å²) in [6.07, 6.45) is -2.69. The number of nitrogens with zero attached hydrogens (tertiary/aromatic N) is 5. The van der Waals surface area contributed by atoms with E-state index in [1.807, 2.05) is 35.2 Å². The Morgan fingerprint density at radius 3 is 2.37 bits per heavy atom. The fourth-order valence-electron chi connectivity index (χ4n) is 6.35. The van der Waals surface area contributed by atoms with Gasteiger partial charge in [0.15, 0.2) is 0 Å². The maximum absolute atomic E-state index is 13.6. The van der Waals surface area contributed by atoms with Crippen molar-refractivity contribution in [3.05, 3.63) is 89.7 Å². The number of piperidine rings is 1. The minimum Gasteiger partial charge on any atom is -0.497 e. The van der Waals surface area contributed by atoms with Crippen molar-refractivity contribution in [3.63, 3.8) is 0 Å². The number of anilines is 1. The molecule has 4 aromatic rings. The lowest BCUT2D eigenvalue weighted by Gasteiger charge is -2.40. The first-order valence-corrected chi connectivity index (χ1v) is 14.8. The normalized spacial score (nSPS) is 18.3. The van der Waals surface area contributed by atoms with Crippen LogP contribution in [0, 0.1) is 5.92 Å². The fraction of sp³-hybridized carbons (Fsp3) is 0.394. The molecule has 2 fully saturated rings. The van der Waals surface area contributed by atoms with Crippen LogP contribution in [0.25, 0.3) is 11.0 Å². The van der Waals surface area contributed by atoms with Gasteiger partial charge in [-0.05, 0) is 61.3 Å². The highest BCUT2D eigenvalue weighted by Gasteiger charge is 2.36. The summed E-state index contributed by atoms with van der Waals surface area (Å²) in [4.78, 5) is 24.5. The highest BCUT2D eigenvalue weighted by molar-refractivity contribution is 5.79. The molecule has 10 heteroatoms. The van der Waals surface area contributed by atoms with Crippen LogP contribution in [-0.2, 0) is 24.1 Å². The number of carbonyl (C=O) groups excluding carboxylic acids is 1. The van der Waals surface area contributed by atoms with E-state index < -0.39 is 11.7 Å². The van der Waals surface area contributed by atoms with Crippen molar-refractivity contribution in [2.75, 3.05) is 51.3 Å². The molecule has 3 aromatic carbocycles. The first-order valence-electron chi connectivity index (χ1n) is 14.8. The Morgan fingerprint density at radius 2 is 1.63 bits per heavy atom. The summed E-state index contributed by atoms with van der Waals surface area (Å²) in [6, 6.07) is 21.9. The highest BCUT2D eigenvalue weighted by Crippen LogP contribution is 2.37. The van der Waals surface area contributed by atoms with Crippen molar-refractivity contribution in [3.8, 4) is 5.75 Å². The molecule has 3 heterocycles. The number of aromatic nitrogens is 2. The lowest BCUT2D eigenvalue weighted by molar-refractivity contribution is -0.139. The van der Waals surface area contributed by atoms with Crippen LogP contribution >= 0.6 is 0 Å². The van der Waals surface area contributed by atoms with Gasteiger partial charge in [-0.25, -0.2) is 4.98 Å². The number of imidazole rings is 1. The largest absolute Gasteiger partial charge is 0.497 e. The first-order chi connectivity index (χ1) is 20.8. The molecule has 1 aromatic heterocycles. The molecule has 2 saturated heterocycles. The Kier molecular flexibility index (Phi) is 8.30. The van der Waals surface area contributed by atoms with Crippen LogP contribution in [0.5, 0.6) is 5.75 Å². The minimum absolute atomic E-state index is 0.0974. The van der Waals surface area contributed by atoms with Gasteiger partial charge in [-0.1, -0.05) is 36.4 Å². The number of rotatable bonds is 7. The van der Waals surface area contributed by atoms with Gasteiger partial charge in [-0.2, -0.15) is 13.2 Å². The maximum Gasteiger partial charge on any atom is 0.418 e. The summed E-state index contributed by atoms with van der Waals surface area (Å²) in [6.45, 7) is 4.43. The van der Waals surface area contributed by atoms with E-state index in [-0.39, 0.29) is 17.5 Å². The molecule has 7 nitrogen and oxygen atoms in total. The summed E-state index contributed by atoms with van der Waals surface area (Å²) in [7, 11) is 1.66. The zero-order valence-corrected chi connectivity index (χ0v) is 24.3. The Labute approximate surface area is 249 Å². The molecular formula is C33H36F3N5O2. The van der Waals surface area contributed by atoms with Crippen molar-refractivity contribution in [1.29, 1.82) is 0 Å². The first kappa shape index (κ1) is 29.0. The minimum atomic E-state index is -4.41. The van der Waals surface area contributed by atoms with E-state index in [0.717, 1.165) is 53.6 Å². The summed E-state index contributed by atoms with van der Waals surface area (Å²) in [5.74, 6) is 1.74. The van der Waals surface area contributed by atoms with Gasteiger partial charge < -0.3 is 19.1 Å². The third-order valence-electron chi connectivity index (χ3n) is 8.59. The van der Waals surface area contributed by atoms with Gasteiger partial charge in [0.05, 0.1) is 36.2 Å². The number of ether oxygens (including phenoxy) is 1. The van der Waals surface area contributed by atoms with Gasteiger partial charge in [0.25, 0.3) is 0 Å². The van der Waals surface area contributed by atoms with Crippen molar-refractivity contribution in [2.24, 2.45) is 5.92 Å². The molecule has 0 spiro atoms. The molecule has 2 aliphatic heterocycles. The molecule has 6 rings (SSSR count). The average Bonchev–Trinajstić information content (AvgIpc) is 3.37. The SMILES string of the molecule is COc1ccc(Cn2c(CN3CCC[C@H](C(=O)N4CCN(c5ccccc5C(F)(F)F)CC4)C3)nc3ccccc32)cc1. The number of hydrogen-bond acceptors (Lipinski definition) is 5. The molecule has 1 atom stereocenters. The van der Waals surface area contributed by atoms with Crippen LogP contribution in [0.4, 0.5) is 18.9 Å². The fourth-order valence-corrected chi connectivity index (χ4v) is 6.35. The Morgan fingerprint density at radius 1 is 0.907 bits per heavy atom. The average molecular weight is 592 g/mol.